The lowest BCUT2D eigenvalue weighted by molar-refractivity contribution is 0.299. The zero-order chi connectivity index (χ0) is 21.8. The van der Waals surface area contributed by atoms with E-state index in [1.54, 1.807) is 18.2 Å². The van der Waals surface area contributed by atoms with Crippen molar-refractivity contribution >= 4 is 18.6 Å². The van der Waals surface area contributed by atoms with Crippen LogP contribution in [0.25, 0.3) is 10.8 Å². The molecular formula is C26H25O4P. The number of phosphoric acid groups is 1. The fraction of sp³-hybridized carbons (Fsp3) is 0.154. The van der Waals surface area contributed by atoms with Gasteiger partial charge in [-0.2, -0.15) is 4.57 Å². The van der Waals surface area contributed by atoms with Gasteiger partial charge in [0.1, 0.15) is 17.2 Å². The first kappa shape index (κ1) is 21.0. The first-order chi connectivity index (χ1) is 14.9. The fourth-order valence-electron chi connectivity index (χ4n) is 3.48. The first-order valence-electron chi connectivity index (χ1n) is 10.3. The van der Waals surface area contributed by atoms with Crippen molar-refractivity contribution in [2.45, 2.75) is 27.2 Å². The van der Waals surface area contributed by atoms with Crippen LogP contribution in [0.3, 0.4) is 0 Å². The Morgan fingerprint density at radius 1 is 0.710 bits per heavy atom. The largest absolute Gasteiger partial charge is 0.647 e. The van der Waals surface area contributed by atoms with Crippen LogP contribution >= 0.6 is 7.82 Å². The van der Waals surface area contributed by atoms with Crippen LogP contribution in [0, 0.1) is 13.8 Å². The SMILES string of the molecule is CCc1ccc(OP(=O)(Oc2cc(C)cc(C)c2)Oc2cccc3ccccc23)cc1. The molecule has 0 heterocycles. The molecule has 0 saturated heterocycles. The second-order valence-electron chi connectivity index (χ2n) is 7.52. The summed E-state index contributed by atoms with van der Waals surface area (Å²) in [7, 11) is -4.05. The lowest BCUT2D eigenvalue weighted by atomic mass is 10.1. The Bertz CT molecular complexity index is 1220. The molecule has 4 rings (SSSR count). The highest BCUT2D eigenvalue weighted by Crippen LogP contribution is 2.51. The van der Waals surface area contributed by atoms with Gasteiger partial charge in [0.25, 0.3) is 0 Å². The molecule has 0 aliphatic rings. The average molecular weight is 432 g/mol. The van der Waals surface area contributed by atoms with Crippen molar-refractivity contribution < 1.29 is 18.1 Å². The molecule has 1 atom stereocenters. The van der Waals surface area contributed by atoms with Gasteiger partial charge in [0.05, 0.1) is 0 Å². The van der Waals surface area contributed by atoms with Gasteiger partial charge >= 0.3 is 7.82 Å². The second-order valence-corrected chi connectivity index (χ2v) is 8.96. The molecule has 0 fully saturated rings. The van der Waals surface area contributed by atoms with E-state index in [9.17, 15) is 4.57 Å². The number of fused-ring (bicyclic) bond motifs is 1. The molecule has 31 heavy (non-hydrogen) atoms. The minimum absolute atomic E-state index is 0.421. The lowest BCUT2D eigenvalue weighted by Crippen LogP contribution is -2.08. The monoisotopic (exact) mass is 432 g/mol. The molecule has 0 amide bonds. The Hall–Kier alpha value is -3.23. The summed E-state index contributed by atoms with van der Waals surface area (Å²) in [5.41, 5.74) is 3.16. The predicted molar refractivity (Wildman–Crippen MR) is 125 cm³/mol. The number of hydrogen-bond donors (Lipinski definition) is 0. The van der Waals surface area contributed by atoms with Gasteiger partial charge in [-0.05, 0) is 72.7 Å². The normalized spacial score (nSPS) is 12.9. The minimum Gasteiger partial charge on any atom is -0.386 e. The quantitative estimate of drug-likeness (QED) is 0.281. The van der Waals surface area contributed by atoms with Gasteiger partial charge in [0.15, 0.2) is 0 Å². The first-order valence-corrected chi connectivity index (χ1v) is 11.7. The van der Waals surface area contributed by atoms with Gasteiger partial charge in [-0.15, -0.1) is 0 Å². The fourth-order valence-corrected chi connectivity index (χ4v) is 4.74. The van der Waals surface area contributed by atoms with Crippen molar-refractivity contribution in [3.8, 4) is 17.2 Å². The van der Waals surface area contributed by atoms with Crippen molar-refractivity contribution in [3.05, 3.63) is 102 Å². The van der Waals surface area contributed by atoms with Gasteiger partial charge in [0.2, 0.25) is 0 Å². The van der Waals surface area contributed by atoms with Gasteiger partial charge in [-0.3, -0.25) is 0 Å². The van der Waals surface area contributed by atoms with Crippen molar-refractivity contribution in [1.82, 2.24) is 0 Å². The van der Waals surface area contributed by atoms with Crippen LogP contribution in [0.4, 0.5) is 0 Å². The summed E-state index contributed by atoms with van der Waals surface area (Å²) >= 11 is 0. The lowest BCUT2D eigenvalue weighted by Gasteiger charge is -2.21. The maximum absolute atomic E-state index is 13.9. The second kappa shape index (κ2) is 8.87. The molecular weight excluding hydrogens is 407 g/mol. The van der Waals surface area contributed by atoms with Crippen LogP contribution in [0.15, 0.2) is 84.9 Å². The molecule has 0 bridgehead atoms. The van der Waals surface area contributed by atoms with Crippen LogP contribution in [0.2, 0.25) is 0 Å². The van der Waals surface area contributed by atoms with E-state index in [-0.39, 0.29) is 0 Å². The van der Waals surface area contributed by atoms with Gasteiger partial charge in [-0.25, -0.2) is 0 Å². The summed E-state index contributed by atoms with van der Waals surface area (Å²) < 4.78 is 31.6. The number of rotatable bonds is 7. The summed E-state index contributed by atoms with van der Waals surface area (Å²) in [4.78, 5) is 0. The third-order valence-corrected chi connectivity index (χ3v) is 6.21. The molecule has 0 radical (unpaired) electrons. The van der Waals surface area contributed by atoms with Crippen LogP contribution in [-0.4, -0.2) is 0 Å². The third-order valence-electron chi connectivity index (χ3n) is 4.92. The number of phosphoric ester groups is 1. The Balaban J connectivity index is 1.72. The van der Waals surface area contributed by atoms with Crippen LogP contribution in [0.1, 0.15) is 23.6 Å². The van der Waals surface area contributed by atoms with E-state index in [4.69, 9.17) is 13.6 Å². The number of aryl methyl sites for hydroxylation is 3. The topological polar surface area (TPSA) is 44.8 Å². The zero-order valence-electron chi connectivity index (χ0n) is 17.9. The van der Waals surface area contributed by atoms with Crippen molar-refractivity contribution in [2.24, 2.45) is 0 Å². The van der Waals surface area contributed by atoms with Crippen LogP contribution in [0.5, 0.6) is 17.2 Å². The number of hydrogen-bond acceptors (Lipinski definition) is 4. The molecule has 4 nitrogen and oxygen atoms in total. The minimum atomic E-state index is -4.05. The molecule has 158 valence electrons. The van der Waals surface area contributed by atoms with E-state index in [1.165, 1.54) is 0 Å². The maximum atomic E-state index is 13.9. The summed E-state index contributed by atoms with van der Waals surface area (Å²) in [6.07, 6.45) is 0.906. The molecule has 5 heteroatoms. The molecule has 0 aliphatic carbocycles. The molecule has 1 unspecified atom stereocenters. The van der Waals surface area contributed by atoms with Gasteiger partial charge in [-0.1, -0.05) is 61.5 Å². The van der Waals surface area contributed by atoms with E-state index in [1.807, 2.05) is 80.6 Å². The van der Waals surface area contributed by atoms with Crippen molar-refractivity contribution in [2.75, 3.05) is 0 Å². The smallest absolute Gasteiger partial charge is 0.386 e. The Morgan fingerprint density at radius 2 is 1.35 bits per heavy atom. The summed E-state index contributed by atoms with van der Waals surface area (Å²) in [5, 5.41) is 1.81. The zero-order valence-corrected chi connectivity index (χ0v) is 18.8. The third kappa shape index (κ3) is 5.10. The highest BCUT2D eigenvalue weighted by molar-refractivity contribution is 7.49. The Labute approximate surface area is 183 Å². The average Bonchev–Trinajstić information content (AvgIpc) is 2.73. The van der Waals surface area contributed by atoms with Crippen LogP contribution in [-0.2, 0) is 11.0 Å². The van der Waals surface area contributed by atoms with Crippen molar-refractivity contribution in [3.63, 3.8) is 0 Å². The standard InChI is InChI=1S/C26H25O4P/c1-4-21-12-14-23(15-13-21)28-31(27,29-24-17-19(2)16-20(3)18-24)30-26-11-7-9-22-8-5-6-10-25(22)26/h5-18H,4H2,1-3H3. The molecule has 0 spiro atoms. The highest BCUT2D eigenvalue weighted by atomic mass is 31.2. The molecule has 0 N–H and O–H groups in total. The predicted octanol–water partition coefficient (Wildman–Crippen LogP) is 7.66. The highest BCUT2D eigenvalue weighted by Gasteiger charge is 2.34. The van der Waals surface area contributed by atoms with Crippen molar-refractivity contribution in [1.29, 1.82) is 0 Å². The molecule has 0 aromatic heterocycles. The van der Waals surface area contributed by atoms with E-state index >= 15 is 0 Å². The van der Waals surface area contributed by atoms with E-state index in [0.717, 1.165) is 33.9 Å². The molecule has 0 saturated carbocycles. The van der Waals surface area contributed by atoms with Crippen LogP contribution < -0.4 is 13.6 Å². The summed E-state index contributed by atoms with van der Waals surface area (Å²) in [6.45, 7) is 5.99. The molecule has 4 aromatic rings. The Morgan fingerprint density at radius 3 is 2.06 bits per heavy atom. The summed E-state index contributed by atoms with van der Waals surface area (Å²) in [5.74, 6) is 1.30. The summed E-state index contributed by atoms with van der Waals surface area (Å²) in [6, 6.07) is 26.4. The molecule has 0 aliphatic heterocycles. The number of benzene rings is 4. The van der Waals surface area contributed by atoms with Gasteiger partial charge < -0.3 is 13.6 Å². The van der Waals surface area contributed by atoms with Gasteiger partial charge in [0, 0.05) is 5.39 Å². The van der Waals surface area contributed by atoms with E-state index in [0.29, 0.717) is 17.2 Å². The maximum Gasteiger partial charge on any atom is 0.647 e. The molecule has 4 aromatic carbocycles. The van der Waals surface area contributed by atoms with E-state index in [2.05, 4.69) is 6.92 Å². The van der Waals surface area contributed by atoms with E-state index < -0.39 is 7.82 Å². The Kier molecular flexibility index (Phi) is 6.01.